The third-order valence-corrected chi connectivity index (χ3v) is 2.27. The van der Waals surface area contributed by atoms with Gasteiger partial charge in [-0.25, -0.2) is 15.0 Å². The molecule has 5 nitrogen and oxygen atoms in total. The van der Waals surface area contributed by atoms with Crippen molar-refractivity contribution in [1.82, 2.24) is 19.5 Å². The van der Waals surface area contributed by atoms with Crippen molar-refractivity contribution in [2.45, 2.75) is 26.3 Å². The van der Waals surface area contributed by atoms with Gasteiger partial charge in [0, 0.05) is 5.54 Å². The lowest BCUT2D eigenvalue weighted by Gasteiger charge is -2.20. The van der Waals surface area contributed by atoms with E-state index in [-0.39, 0.29) is 11.4 Å². The minimum Gasteiger partial charge on any atom is -0.382 e. The molecule has 2 aromatic rings. The molecule has 0 unspecified atom stereocenters. The van der Waals surface area contributed by atoms with Gasteiger partial charge in [-0.3, -0.25) is 0 Å². The number of nitrogens with two attached hydrogens (primary N) is 1. The van der Waals surface area contributed by atoms with Crippen molar-refractivity contribution in [3.8, 4) is 12.3 Å². The van der Waals surface area contributed by atoms with Gasteiger partial charge in [0.25, 0.3) is 0 Å². The first-order chi connectivity index (χ1) is 7.43. The summed E-state index contributed by atoms with van der Waals surface area (Å²) < 4.78 is 1.93. The van der Waals surface area contributed by atoms with E-state index in [9.17, 15) is 0 Å². The van der Waals surface area contributed by atoms with Crippen LogP contribution in [-0.4, -0.2) is 19.5 Å². The molecule has 0 amide bonds. The molecule has 0 spiro atoms. The number of anilines is 1. The summed E-state index contributed by atoms with van der Waals surface area (Å²) in [4.78, 5) is 12.4. The van der Waals surface area contributed by atoms with Crippen LogP contribution in [0, 0.1) is 12.3 Å². The SMILES string of the molecule is C#Cc1nc(N)c2ncn(C(C)(C)C)c2n1. The van der Waals surface area contributed by atoms with Crippen LogP contribution < -0.4 is 5.73 Å². The standard InChI is InChI=1S/C11H13N5/c1-5-7-14-9(12)8-10(15-7)16(6-13-8)11(2,3)4/h1,6H,2-4H3,(H2,12,14,15). The summed E-state index contributed by atoms with van der Waals surface area (Å²) in [7, 11) is 0. The van der Waals surface area contributed by atoms with E-state index in [4.69, 9.17) is 12.2 Å². The summed E-state index contributed by atoms with van der Waals surface area (Å²) in [6.07, 6.45) is 6.98. The van der Waals surface area contributed by atoms with Gasteiger partial charge in [-0.2, -0.15) is 0 Å². The second kappa shape index (κ2) is 3.20. The average molecular weight is 215 g/mol. The molecule has 0 aromatic carbocycles. The predicted octanol–water partition coefficient (Wildman–Crippen LogP) is 1.14. The highest BCUT2D eigenvalue weighted by Gasteiger charge is 2.19. The third-order valence-electron chi connectivity index (χ3n) is 2.27. The number of hydrogen-bond acceptors (Lipinski definition) is 4. The molecule has 0 saturated carbocycles. The van der Waals surface area contributed by atoms with E-state index in [1.165, 1.54) is 0 Å². The highest BCUT2D eigenvalue weighted by Crippen LogP contribution is 2.22. The number of hydrogen-bond donors (Lipinski definition) is 1. The van der Waals surface area contributed by atoms with Crippen molar-refractivity contribution in [3.05, 3.63) is 12.2 Å². The summed E-state index contributed by atoms with van der Waals surface area (Å²) in [5.41, 5.74) is 6.91. The number of nitrogen functional groups attached to an aromatic ring is 1. The van der Waals surface area contributed by atoms with Crippen LogP contribution in [0.25, 0.3) is 11.2 Å². The van der Waals surface area contributed by atoms with Crippen LogP contribution in [0.15, 0.2) is 6.33 Å². The Bertz CT molecular complexity index is 583. The molecule has 0 aliphatic heterocycles. The van der Waals surface area contributed by atoms with Crippen molar-refractivity contribution in [2.24, 2.45) is 0 Å². The highest BCUT2D eigenvalue weighted by atomic mass is 15.2. The molecule has 0 atom stereocenters. The molecule has 5 heteroatoms. The number of terminal acetylenes is 1. The second-order valence-corrected chi connectivity index (χ2v) is 4.53. The maximum absolute atomic E-state index is 5.77. The number of fused-ring (bicyclic) bond motifs is 1. The van der Waals surface area contributed by atoms with Crippen molar-refractivity contribution in [1.29, 1.82) is 0 Å². The summed E-state index contributed by atoms with van der Waals surface area (Å²) in [6.45, 7) is 6.17. The molecule has 0 aliphatic rings. The number of rotatable bonds is 0. The molecular formula is C11H13N5. The minimum absolute atomic E-state index is 0.124. The minimum atomic E-state index is -0.124. The van der Waals surface area contributed by atoms with Gasteiger partial charge in [0.05, 0.1) is 6.33 Å². The van der Waals surface area contributed by atoms with E-state index >= 15 is 0 Å². The normalized spacial score (nSPS) is 11.6. The Morgan fingerprint density at radius 1 is 1.38 bits per heavy atom. The molecule has 2 heterocycles. The second-order valence-electron chi connectivity index (χ2n) is 4.53. The van der Waals surface area contributed by atoms with Crippen molar-refractivity contribution in [2.75, 3.05) is 5.73 Å². The fourth-order valence-electron chi connectivity index (χ4n) is 1.48. The monoisotopic (exact) mass is 215 g/mol. The summed E-state index contributed by atoms with van der Waals surface area (Å²) in [5, 5.41) is 0. The largest absolute Gasteiger partial charge is 0.382 e. The fraction of sp³-hybridized carbons (Fsp3) is 0.364. The van der Waals surface area contributed by atoms with Gasteiger partial charge in [-0.15, -0.1) is 6.42 Å². The highest BCUT2D eigenvalue weighted by molar-refractivity contribution is 5.82. The number of aromatic nitrogens is 4. The Morgan fingerprint density at radius 3 is 2.62 bits per heavy atom. The maximum Gasteiger partial charge on any atom is 0.208 e. The van der Waals surface area contributed by atoms with Gasteiger partial charge >= 0.3 is 0 Å². The van der Waals surface area contributed by atoms with Crippen LogP contribution in [-0.2, 0) is 5.54 Å². The maximum atomic E-state index is 5.77. The van der Waals surface area contributed by atoms with Crippen LogP contribution in [0.4, 0.5) is 5.82 Å². The third kappa shape index (κ3) is 1.48. The Hall–Kier alpha value is -2.09. The summed E-state index contributed by atoms with van der Waals surface area (Å²) >= 11 is 0. The molecule has 82 valence electrons. The Balaban J connectivity index is 2.82. The molecular weight excluding hydrogens is 202 g/mol. The Labute approximate surface area is 93.7 Å². The molecule has 16 heavy (non-hydrogen) atoms. The Morgan fingerprint density at radius 2 is 2.06 bits per heavy atom. The van der Waals surface area contributed by atoms with E-state index in [1.54, 1.807) is 6.33 Å². The van der Waals surface area contributed by atoms with Crippen molar-refractivity contribution in [3.63, 3.8) is 0 Å². The van der Waals surface area contributed by atoms with Crippen LogP contribution >= 0.6 is 0 Å². The topological polar surface area (TPSA) is 69.6 Å². The quantitative estimate of drug-likeness (QED) is 0.669. The average Bonchev–Trinajstić information content (AvgIpc) is 2.60. The molecule has 0 radical (unpaired) electrons. The van der Waals surface area contributed by atoms with Crippen molar-refractivity contribution >= 4 is 17.0 Å². The van der Waals surface area contributed by atoms with Crippen LogP contribution in [0.2, 0.25) is 0 Å². The smallest absolute Gasteiger partial charge is 0.208 e. The zero-order valence-electron chi connectivity index (χ0n) is 9.52. The lowest BCUT2D eigenvalue weighted by molar-refractivity contribution is 0.406. The van der Waals surface area contributed by atoms with Gasteiger partial charge < -0.3 is 10.3 Å². The van der Waals surface area contributed by atoms with Gasteiger partial charge in [-0.05, 0) is 26.7 Å². The molecule has 0 fully saturated rings. The predicted molar refractivity (Wildman–Crippen MR) is 62.7 cm³/mol. The van der Waals surface area contributed by atoms with E-state index < -0.39 is 0 Å². The van der Waals surface area contributed by atoms with E-state index in [1.807, 2.05) is 4.57 Å². The summed E-state index contributed by atoms with van der Waals surface area (Å²) in [6, 6.07) is 0. The molecule has 2 aromatic heterocycles. The van der Waals surface area contributed by atoms with Gasteiger partial charge in [0.2, 0.25) is 5.82 Å². The molecule has 2 rings (SSSR count). The molecule has 0 aliphatic carbocycles. The number of nitrogens with zero attached hydrogens (tertiary/aromatic N) is 4. The lowest BCUT2D eigenvalue weighted by atomic mass is 10.1. The van der Waals surface area contributed by atoms with E-state index in [0.29, 0.717) is 17.0 Å². The van der Waals surface area contributed by atoms with E-state index in [2.05, 4.69) is 41.6 Å². The van der Waals surface area contributed by atoms with Gasteiger partial charge in [0.1, 0.15) is 5.52 Å². The first kappa shape index (κ1) is 10.4. The fourth-order valence-corrected chi connectivity index (χ4v) is 1.48. The van der Waals surface area contributed by atoms with E-state index in [0.717, 1.165) is 0 Å². The number of imidazole rings is 1. The van der Waals surface area contributed by atoms with Crippen LogP contribution in [0.1, 0.15) is 26.6 Å². The zero-order valence-corrected chi connectivity index (χ0v) is 9.52. The molecule has 0 saturated heterocycles. The molecule has 0 bridgehead atoms. The van der Waals surface area contributed by atoms with Gasteiger partial charge in [-0.1, -0.05) is 0 Å². The van der Waals surface area contributed by atoms with Gasteiger partial charge in [0.15, 0.2) is 11.5 Å². The first-order valence-electron chi connectivity index (χ1n) is 4.91. The van der Waals surface area contributed by atoms with Crippen LogP contribution in [0.5, 0.6) is 0 Å². The zero-order chi connectivity index (χ0) is 11.9. The first-order valence-corrected chi connectivity index (χ1v) is 4.91. The van der Waals surface area contributed by atoms with Crippen LogP contribution in [0.3, 0.4) is 0 Å². The summed E-state index contributed by atoms with van der Waals surface area (Å²) in [5.74, 6) is 2.99. The molecule has 2 N–H and O–H groups in total. The van der Waals surface area contributed by atoms with Crippen molar-refractivity contribution < 1.29 is 0 Å². The Kier molecular flexibility index (Phi) is 2.09. The lowest BCUT2D eigenvalue weighted by Crippen LogP contribution is -2.21.